The summed E-state index contributed by atoms with van der Waals surface area (Å²) in [5.41, 5.74) is 3.33. The highest BCUT2D eigenvalue weighted by atomic mass is 32.1. The maximum atomic E-state index is 12.6. The molecule has 2 aromatic heterocycles. The summed E-state index contributed by atoms with van der Waals surface area (Å²) in [6.45, 7) is 6.74. The van der Waals surface area contributed by atoms with Crippen LogP contribution in [0.15, 0.2) is 30.3 Å². The Morgan fingerprint density at radius 2 is 1.89 bits per heavy atom. The normalized spacial score (nSPS) is 11.1. The van der Waals surface area contributed by atoms with Crippen LogP contribution in [-0.4, -0.2) is 36.6 Å². The van der Waals surface area contributed by atoms with Gasteiger partial charge in [-0.25, -0.2) is 4.79 Å². The Morgan fingerprint density at radius 3 is 2.59 bits per heavy atom. The van der Waals surface area contributed by atoms with E-state index in [9.17, 15) is 9.59 Å². The van der Waals surface area contributed by atoms with Gasteiger partial charge in [-0.3, -0.25) is 4.79 Å². The van der Waals surface area contributed by atoms with E-state index >= 15 is 0 Å². The van der Waals surface area contributed by atoms with Crippen LogP contribution in [0.1, 0.15) is 37.0 Å². The van der Waals surface area contributed by atoms with Gasteiger partial charge in [-0.15, -0.1) is 11.3 Å². The number of aromatic nitrogens is 1. The van der Waals surface area contributed by atoms with Gasteiger partial charge in [0.1, 0.15) is 4.88 Å². The first-order valence-electron chi connectivity index (χ1n) is 8.78. The SMILES string of the molecule is COCCn1c(C)cc(C(=O)COC(=O)c2sc3ccccc3c2C)c1C. The van der Waals surface area contributed by atoms with Crippen molar-refractivity contribution in [3.05, 3.63) is 57.7 Å². The summed E-state index contributed by atoms with van der Waals surface area (Å²) < 4.78 is 13.5. The van der Waals surface area contributed by atoms with Gasteiger partial charge in [0.05, 0.1) is 6.61 Å². The molecule has 0 saturated carbocycles. The van der Waals surface area contributed by atoms with Crippen LogP contribution in [0, 0.1) is 20.8 Å². The first kappa shape index (κ1) is 19.3. The number of nitrogens with zero attached hydrogens (tertiary/aromatic N) is 1. The van der Waals surface area contributed by atoms with E-state index in [1.807, 2.05) is 55.7 Å². The Bertz CT molecular complexity index is 999. The number of carbonyl (C=O) groups is 2. The Hall–Kier alpha value is -2.44. The van der Waals surface area contributed by atoms with E-state index in [-0.39, 0.29) is 12.4 Å². The second kappa shape index (κ2) is 8.06. The van der Waals surface area contributed by atoms with Crippen molar-refractivity contribution in [3.8, 4) is 0 Å². The summed E-state index contributed by atoms with van der Waals surface area (Å²) in [6, 6.07) is 9.68. The molecule has 0 radical (unpaired) electrons. The van der Waals surface area contributed by atoms with Gasteiger partial charge in [-0.05, 0) is 43.9 Å². The summed E-state index contributed by atoms with van der Waals surface area (Å²) in [5, 5.41) is 1.04. The fourth-order valence-corrected chi connectivity index (χ4v) is 4.36. The van der Waals surface area contributed by atoms with Gasteiger partial charge in [-0.1, -0.05) is 18.2 Å². The number of esters is 1. The lowest BCUT2D eigenvalue weighted by molar-refractivity contribution is 0.0479. The second-order valence-electron chi connectivity index (χ2n) is 6.48. The first-order valence-corrected chi connectivity index (χ1v) is 9.59. The first-order chi connectivity index (χ1) is 12.9. The summed E-state index contributed by atoms with van der Waals surface area (Å²) >= 11 is 1.39. The molecule has 0 unspecified atom stereocenters. The minimum Gasteiger partial charge on any atom is -0.453 e. The molecule has 27 heavy (non-hydrogen) atoms. The number of hydrogen-bond donors (Lipinski definition) is 0. The molecule has 0 atom stereocenters. The van der Waals surface area contributed by atoms with Crippen LogP contribution in [0.25, 0.3) is 10.1 Å². The number of Topliss-reactive ketones (excluding diaryl/α,β-unsaturated/α-hetero) is 1. The minimum absolute atomic E-state index is 0.195. The number of thiophene rings is 1. The average molecular weight is 385 g/mol. The third-order valence-corrected chi connectivity index (χ3v) is 6.01. The van der Waals surface area contributed by atoms with Crippen LogP contribution < -0.4 is 0 Å². The average Bonchev–Trinajstić information content (AvgIpc) is 3.15. The molecular weight excluding hydrogens is 362 g/mol. The summed E-state index contributed by atoms with van der Waals surface area (Å²) in [7, 11) is 1.65. The molecule has 0 spiro atoms. The van der Waals surface area contributed by atoms with E-state index in [0.717, 1.165) is 27.0 Å². The van der Waals surface area contributed by atoms with Crippen LogP contribution >= 0.6 is 11.3 Å². The minimum atomic E-state index is -0.449. The number of benzene rings is 1. The van der Waals surface area contributed by atoms with E-state index in [0.29, 0.717) is 23.6 Å². The highest BCUT2D eigenvalue weighted by Crippen LogP contribution is 2.31. The molecule has 0 aliphatic rings. The number of fused-ring (bicyclic) bond motifs is 1. The molecular formula is C21H23NO4S. The zero-order valence-corrected chi connectivity index (χ0v) is 16.8. The Labute approximate surface area is 162 Å². The monoisotopic (exact) mass is 385 g/mol. The molecule has 0 bridgehead atoms. The van der Waals surface area contributed by atoms with Crippen LogP contribution in [0.5, 0.6) is 0 Å². The van der Waals surface area contributed by atoms with E-state index in [1.54, 1.807) is 7.11 Å². The molecule has 142 valence electrons. The zero-order valence-electron chi connectivity index (χ0n) is 16.0. The molecule has 0 aliphatic heterocycles. The molecule has 0 fully saturated rings. The predicted octanol–water partition coefficient (Wildman–Crippen LogP) is 4.31. The number of methoxy groups -OCH3 is 1. The van der Waals surface area contributed by atoms with Crippen LogP contribution in [0.3, 0.4) is 0 Å². The molecule has 3 aromatic rings. The van der Waals surface area contributed by atoms with Crippen molar-refractivity contribution in [2.24, 2.45) is 0 Å². The van der Waals surface area contributed by atoms with Crippen molar-refractivity contribution in [3.63, 3.8) is 0 Å². The lowest BCUT2D eigenvalue weighted by Crippen LogP contribution is -2.15. The highest BCUT2D eigenvalue weighted by molar-refractivity contribution is 7.21. The molecule has 0 N–H and O–H groups in total. The Kier molecular flexibility index (Phi) is 5.77. The van der Waals surface area contributed by atoms with Crippen LogP contribution in [-0.2, 0) is 16.0 Å². The zero-order chi connectivity index (χ0) is 19.6. The van der Waals surface area contributed by atoms with E-state index < -0.39 is 5.97 Å². The number of ketones is 1. The van der Waals surface area contributed by atoms with Gasteiger partial charge in [0.2, 0.25) is 5.78 Å². The molecule has 6 heteroatoms. The third kappa shape index (κ3) is 3.82. The fourth-order valence-electron chi connectivity index (χ4n) is 3.25. The molecule has 0 saturated heterocycles. The summed E-state index contributed by atoms with van der Waals surface area (Å²) in [6.07, 6.45) is 0. The van der Waals surface area contributed by atoms with E-state index in [2.05, 4.69) is 0 Å². The van der Waals surface area contributed by atoms with Gasteiger partial charge in [0.25, 0.3) is 0 Å². The molecule has 2 heterocycles. The lowest BCUT2D eigenvalue weighted by Gasteiger charge is -2.09. The van der Waals surface area contributed by atoms with Crippen molar-refractivity contribution in [1.82, 2.24) is 4.57 Å². The largest absolute Gasteiger partial charge is 0.453 e. The standard InChI is InChI=1S/C21H23NO4S/c1-13-11-17(15(3)22(13)9-10-25-4)18(23)12-26-21(24)20-14(2)16-7-5-6-8-19(16)27-20/h5-8,11H,9-10,12H2,1-4H3. The maximum Gasteiger partial charge on any atom is 0.349 e. The van der Waals surface area contributed by atoms with Gasteiger partial charge in [0, 0.05) is 35.3 Å². The van der Waals surface area contributed by atoms with E-state index in [1.165, 1.54) is 11.3 Å². The summed E-state index contributed by atoms with van der Waals surface area (Å²) in [5.74, 6) is -0.644. The predicted molar refractivity (Wildman–Crippen MR) is 107 cm³/mol. The maximum absolute atomic E-state index is 12.6. The second-order valence-corrected chi connectivity index (χ2v) is 7.53. The Balaban J connectivity index is 1.72. The quantitative estimate of drug-likeness (QED) is 0.449. The van der Waals surface area contributed by atoms with Crippen molar-refractivity contribution in [2.45, 2.75) is 27.3 Å². The number of rotatable bonds is 7. The number of hydrogen-bond acceptors (Lipinski definition) is 5. The van der Waals surface area contributed by atoms with Crippen molar-refractivity contribution in [2.75, 3.05) is 20.3 Å². The van der Waals surface area contributed by atoms with Crippen molar-refractivity contribution < 1.29 is 19.1 Å². The number of aryl methyl sites for hydroxylation is 2. The van der Waals surface area contributed by atoms with Crippen LogP contribution in [0.2, 0.25) is 0 Å². The number of carbonyl (C=O) groups excluding carboxylic acids is 2. The van der Waals surface area contributed by atoms with Gasteiger partial charge in [0.15, 0.2) is 6.61 Å². The smallest absolute Gasteiger partial charge is 0.349 e. The van der Waals surface area contributed by atoms with Crippen molar-refractivity contribution in [1.29, 1.82) is 0 Å². The third-order valence-electron chi connectivity index (χ3n) is 4.76. The van der Waals surface area contributed by atoms with E-state index in [4.69, 9.17) is 9.47 Å². The topological polar surface area (TPSA) is 57.5 Å². The molecule has 3 rings (SSSR count). The van der Waals surface area contributed by atoms with Crippen molar-refractivity contribution >= 4 is 33.2 Å². The highest BCUT2D eigenvalue weighted by Gasteiger charge is 2.20. The van der Waals surface area contributed by atoms with Gasteiger partial charge in [-0.2, -0.15) is 0 Å². The molecule has 5 nitrogen and oxygen atoms in total. The molecule has 1 aromatic carbocycles. The Morgan fingerprint density at radius 1 is 1.15 bits per heavy atom. The number of ether oxygens (including phenoxy) is 2. The lowest BCUT2D eigenvalue weighted by atomic mass is 10.1. The fraction of sp³-hybridized carbons (Fsp3) is 0.333. The van der Waals surface area contributed by atoms with Gasteiger partial charge < -0.3 is 14.0 Å². The molecule has 0 aliphatic carbocycles. The summed E-state index contributed by atoms with van der Waals surface area (Å²) in [4.78, 5) is 25.6. The molecule has 0 amide bonds. The van der Waals surface area contributed by atoms with Gasteiger partial charge >= 0.3 is 5.97 Å². The van der Waals surface area contributed by atoms with Crippen LogP contribution in [0.4, 0.5) is 0 Å².